The van der Waals surface area contributed by atoms with Crippen molar-refractivity contribution in [3.63, 3.8) is 0 Å². The molecule has 0 atom stereocenters. The first kappa shape index (κ1) is 12.2. The lowest BCUT2D eigenvalue weighted by Crippen LogP contribution is -2.41. The minimum atomic E-state index is -0.863. The summed E-state index contributed by atoms with van der Waals surface area (Å²) in [6.45, 7) is 1.07. The van der Waals surface area contributed by atoms with E-state index in [9.17, 15) is 4.79 Å². The number of aromatic nitrogens is 1. The number of rotatable bonds is 2. The zero-order chi connectivity index (χ0) is 13.0. The van der Waals surface area contributed by atoms with Crippen LogP contribution in [0.15, 0.2) is 18.3 Å². The quantitative estimate of drug-likeness (QED) is 0.825. The molecule has 0 aromatic carbocycles. The Balaban J connectivity index is 1.91. The van der Waals surface area contributed by atoms with Gasteiger partial charge in [-0.25, -0.2) is 9.78 Å². The standard InChI is InChI=1S/C12H14N4O2/c13-8-9-1-4-14-11(7-9)15-10-2-5-16(6-3-10)12(17)18/h1,4,7,10H,2-3,5-6H2,(H,14,15)(H,17,18). The van der Waals surface area contributed by atoms with Gasteiger partial charge in [-0.3, -0.25) is 0 Å². The van der Waals surface area contributed by atoms with Crippen molar-refractivity contribution in [2.24, 2.45) is 0 Å². The van der Waals surface area contributed by atoms with Gasteiger partial charge in [0.15, 0.2) is 0 Å². The van der Waals surface area contributed by atoms with E-state index in [1.54, 1.807) is 18.3 Å². The monoisotopic (exact) mass is 246 g/mol. The van der Waals surface area contributed by atoms with Crippen molar-refractivity contribution in [3.05, 3.63) is 23.9 Å². The second-order valence-electron chi connectivity index (χ2n) is 4.23. The lowest BCUT2D eigenvalue weighted by molar-refractivity contribution is 0.134. The highest BCUT2D eigenvalue weighted by Crippen LogP contribution is 2.15. The van der Waals surface area contributed by atoms with Crippen molar-refractivity contribution >= 4 is 11.9 Å². The van der Waals surface area contributed by atoms with Crippen molar-refractivity contribution in [1.29, 1.82) is 5.26 Å². The van der Waals surface area contributed by atoms with E-state index in [0.717, 1.165) is 12.8 Å². The largest absolute Gasteiger partial charge is 0.465 e. The molecule has 1 aromatic heterocycles. The molecule has 0 spiro atoms. The highest BCUT2D eigenvalue weighted by Gasteiger charge is 2.22. The fourth-order valence-electron chi connectivity index (χ4n) is 2.00. The Hall–Kier alpha value is -2.29. The fourth-order valence-corrected chi connectivity index (χ4v) is 2.00. The molecule has 6 heteroatoms. The summed E-state index contributed by atoms with van der Waals surface area (Å²) in [6.07, 6.45) is 2.24. The Labute approximate surface area is 105 Å². The summed E-state index contributed by atoms with van der Waals surface area (Å²) >= 11 is 0. The van der Waals surface area contributed by atoms with Gasteiger partial charge in [-0.2, -0.15) is 5.26 Å². The van der Waals surface area contributed by atoms with Crippen LogP contribution in [0.2, 0.25) is 0 Å². The summed E-state index contributed by atoms with van der Waals surface area (Å²) in [7, 11) is 0. The number of anilines is 1. The van der Waals surface area contributed by atoms with Crippen molar-refractivity contribution in [1.82, 2.24) is 9.88 Å². The first-order valence-corrected chi connectivity index (χ1v) is 5.79. The average Bonchev–Trinajstić information content (AvgIpc) is 2.39. The van der Waals surface area contributed by atoms with Gasteiger partial charge in [0.05, 0.1) is 11.6 Å². The van der Waals surface area contributed by atoms with Gasteiger partial charge in [-0.15, -0.1) is 0 Å². The highest BCUT2D eigenvalue weighted by molar-refractivity contribution is 5.65. The lowest BCUT2D eigenvalue weighted by Gasteiger charge is -2.30. The van der Waals surface area contributed by atoms with Gasteiger partial charge in [0, 0.05) is 25.3 Å². The van der Waals surface area contributed by atoms with Crippen LogP contribution in [0.1, 0.15) is 18.4 Å². The summed E-state index contributed by atoms with van der Waals surface area (Å²) in [5.41, 5.74) is 0.565. The van der Waals surface area contributed by atoms with Gasteiger partial charge in [-0.05, 0) is 25.0 Å². The molecule has 1 aliphatic heterocycles. The van der Waals surface area contributed by atoms with Crippen LogP contribution in [0.25, 0.3) is 0 Å². The molecule has 94 valence electrons. The summed E-state index contributed by atoms with van der Waals surface area (Å²) in [4.78, 5) is 16.3. The van der Waals surface area contributed by atoms with E-state index in [0.29, 0.717) is 24.5 Å². The topological polar surface area (TPSA) is 89.3 Å². The lowest BCUT2D eigenvalue weighted by atomic mass is 10.1. The number of hydrogen-bond donors (Lipinski definition) is 2. The molecule has 2 N–H and O–H groups in total. The smallest absolute Gasteiger partial charge is 0.407 e. The molecule has 1 amide bonds. The third-order valence-electron chi connectivity index (χ3n) is 3.01. The molecule has 6 nitrogen and oxygen atoms in total. The highest BCUT2D eigenvalue weighted by atomic mass is 16.4. The Morgan fingerprint density at radius 1 is 1.56 bits per heavy atom. The molecular weight excluding hydrogens is 232 g/mol. The third-order valence-corrected chi connectivity index (χ3v) is 3.01. The first-order valence-electron chi connectivity index (χ1n) is 5.79. The van der Waals surface area contributed by atoms with E-state index < -0.39 is 6.09 Å². The van der Waals surface area contributed by atoms with E-state index in [1.165, 1.54) is 4.90 Å². The Morgan fingerprint density at radius 3 is 2.89 bits per heavy atom. The number of nitrogens with zero attached hydrogens (tertiary/aromatic N) is 3. The molecule has 2 rings (SSSR count). The normalized spacial score (nSPS) is 16.1. The van der Waals surface area contributed by atoms with Crippen LogP contribution < -0.4 is 5.32 Å². The molecule has 1 aliphatic rings. The summed E-state index contributed by atoms with van der Waals surface area (Å²) < 4.78 is 0. The predicted octanol–water partition coefficient (Wildman–Crippen LogP) is 1.51. The summed E-state index contributed by atoms with van der Waals surface area (Å²) in [5, 5.41) is 20.9. The number of carbonyl (C=O) groups is 1. The molecule has 0 saturated carbocycles. The second kappa shape index (κ2) is 5.36. The number of piperidine rings is 1. The maximum atomic E-state index is 10.8. The van der Waals surface area contributed by atoms with Gasteiger partial charge in [-0.1, -0.05) is 0 Å². The number of nitriles is 1. The van der Waals surface area contributed by atoms with E-state index in [2.05, 4.69) is 16.4 Å². The number of likely N-dealkylation sites (tertiary alicyclic amines) is 1. The number of pyridine rings is 1. The molecule has 0 aliphatic carbocycles. The van der Waals surface area contributed by atoms with Crippen molar-refractivity contribution < 1.29 is 9.90 Å². The summed E-state index contributed by atoms with van der Waals surface area (Å²) in [5.74, 6) is 0.669. The van der Waals surface area contributed by atoms with E-state index in [4.69, 9.17) is 10.4 Å². The second-order valence-corrected chi connectivity index (χ2v) is 4.23. The van der Waals surface area contributed by atoms with E-state index in [-0.39, 0.29) is 6.04 Å². The van der Waals surface area contributed by atoms with Crippen LogP contribution in [0.3, 0.4) is 0 Å². The van der Waals surface area contributed by atoms with Gasteiger partial charge < -0.3 is 15.3 Å². The maximum absolute atomic E-state index is 10.8. The molecule has 0 unspecified atom stereocenters. The Morgan fingerprint density at radius 2 is 2.28 bits per heavy atom. The fraction of sp³-hybridized carbons (Fsp3) is 0.417. The molecule has 1 saturated heterocycles. The zero-order valence-electron chi connectivity index (χ0n) is 9.83. The van der Waals surface area contributed by atoms with Crippen molar-refractivity contribution in [2.75, 3.05) is 18.4 Å². The van der Waals surface area contributed by atoms with Crippen LogP contribution in [0, 0.1) is 11.3 Å². The maximum Gasteiger partial charge on any atom is 0.407 e. The van der Waals surface area contributed by atoms with Gasteiger partial charge >= 0.3 is 6.09 Å². The van der Waals surface area contributed by atoms with Crippen LogP contribution >= 0.6 is 0 Å². The Kier molecular flexibility index (Phi) is 3.63. The van der Waals surface area contributed by atoms with Crippen molar-refractivity contribution in [2.45, 2.75) is 18.9 Å². The zero-order valence-corrected chi connectivity index (χ0v) is 9.83. The molecule has 0 bridgehead atoms. The Bertz CT molecular complexity index is 475. The molecular formula is C12H14N4O2. The average molecular weight is 246 g/mol. The molecule has 0 radical (unpaired) electrons. The first-order chi connectivity index (χ1) is 8.69. The number of carboxylic acid groups (broad SMARTS) is 1. The molecule has 18 heavy (non-hydrogen) atoms. The third kappa shape index (κ3) is 2.88. The summed E-state index contributed by atoms with van der Waals surface area (Å²) in [6, 6.07) is 5.62. The molecule has 1 aromatic rings. The van der Waals surface area contributed by atoms with E-state index >= 15 is 0 Å². The van der Waals surface area contributed by atoms with Gasteiger partial charge in [0.25, 0.3) is 0 Å². The molecule has 2 heterocycles. The molecule has 1 fully saturated rings. The minimum Gasteiger partial charge on any atom is -0.465 e. The number of amides is 1. The van der Waals surface area contributed by atoms with Gasteiger partial charge in [0.1, 0.15) is 5.82 Å². The number of hydrogen-bond acceptors (Lipinski definition) is 4. The van der Waals surface area contributed by atoms with Crippen molar-refractivity contribution in [3.8, 4) is 6.07 Å². The van der Waals surface area contributed by atoms with Gasteiger partial charge in [0.2, 0.25) is 0 Å². The predicted molar refractivity (Wildman–Crippen MR) is 65.2 cm³/mol. The minimum absolute atomic E-state index is 0.210. The SMILES string of the molecule is N#Cc1ccnc(NC2CCN(C(=O)O)CC2)c1. The van der Waals surface area contributed by atoms with Crippen LogP contribution in [-0.2, 0) is 0 Å². The van der Waals surface area contributed by atoms with Crippen LogP contribution in [0.5, 0.6) is 0 Å². The van der Waals surface area contributed by atoms with E-state index in [1.807, 2.05) is 0 Å². The van der Waals surface area contributed by atoms with Crippen LogP contribution in [-0.4, -0.2) is 40.2 Å². The number of nitrogens with one attached hydrogen (secondary N) is 1. The van der Waals surface area contributed by atoms with Crippen LogP contribution in [0.4, 0.5) is 10.6 Å².